The maximum Gasteiger partial charge on any atom is 0.284 e. The largest absolute Gasteiger partial charge is 0.481 e. The van der Waals surface area contributed by atoms with E-state index in [9.17, 15) is 0 Å². The van der Waals surface area contributed by atoms with E-state index in [1.165, 1.54) is 6.07 Å². The zero-order valence-corrected chi connectivity index (χ0v) is 7.48. The second-order valence-corrected chi connectivity index (χ2v) is 3.06. The molecule has 2 aromatic rings. The van der Waals surface area contributed by atoms with Gasteiger partial charge in [-0.05, 0) is 0 Å². The van der Waals surface area contributed by atoms with Crippen LogP contribution in [0.3, 0.4) is 0 Å². The van der Waals surface area contributed by atoms with Crippen LogP contribution >= 0.6 is 0 Å². The summed E-state index contributed by atoms with van der Waals surface area (Å²) in [6, 6.07) is 3.21. The minimum atomic E-state index is -0.0967. The Hall–Kier alpha value is -1.78. The number of aromatic hydroxyl groups is 1. The molecule has 2 rings (SSSR count). The molecule has 2 aromatic heterocycles. The van der Waals surface area contributed by atoms with Gasteiger partial charge in [-0.1, -0.05) is 0 Å². The van der Waals surface area contributed by atoms with Crippen molar-refractivity contribution in [3.63, 3.8) is 0 Å². The molecule has 0 aliphatic rings. The van der Waals surface area contributed by atoms with Crippen LogP contribution in [-0.2, 0) is 0 Å². The van der Waals surface area contributed by atoms with Crippen LogP contribution in [0.25, 0.3) is 11.1 Å². The van der Waals surface area contributed by atoms with E-state index >= 15 is 0 Å². The average Bonchev–Trinajstić information content (AvgIpc) is 2.41. The van der Waals surface area contributed by atoms with Gasteiger partial charge in [-0.2, -0.15) is 0 Å². The SMILES string of the molecule is CN(C)n1c(N)cc2oc(O)cc21. The number of hydrogen-bond acceptors (Lipinski definition) is 4. The Bertz CT molecular complexity index is 441. The van der Waals surface area contributed by atoms with E-state index in [2.05, 4.69) is 0 Å². The van der Waals surface area contributed by atoms with Crippen LogP contribution in [0.15, 0.2) is 16.5 Å². The van der Waals surface area contributed by atoms with Crippen LogP contribution in [0.1, 0.15) is 0 Å². The smallest absolute Gasteiger partial charge is 0.284 e. The van der Waals surface area contributed by atoms with Crippen LogP contribution in [-0.4, -0.2) is 23.9 Å². The minimum Gasteiger partial charge on any atom is -0.481 e. The Morgan fingerprint density at radius 1 is 1.46 bits per heavy atom. The number of hydrogen-bond donors (Lipinski definition) is 2. The van der Waals surface area contributed by atoms with Gasteiger partial charge in [0, 0.05) is 26.2 Å². The minimum absolute atomic E-state index is 0.0967. The first-order valence-electron chi connectivity index (χ1n) is 3.87. The van der Waals surface area contributed by atoms with Crippen molar-refractivity contribution < 1.29 is 9.52 Å². The fourth-order valence-electron chi connectivity index (χ4n) is 1.43. The average molecular weight is 181 g/mol. The lowest BCUT2D eigenvalue weighted by molar-refractivity contribution is 0.346. The Balaban J connectivity index is 2.75. The number of nitrogen functional groups attached to an aromatic ring is 1. The van der Waals surface area contributed by atoms with E-state index in [0.717, 1.165) is 5.52 Å². The summed E-state index contributed by atoms with van der Waals surface area (Å²) < 4.78 is 6.76. The molecule has 0 aromatic carbocycles. The summed E-state index contributed by atoms with van der Waals surface area (Å²) in [7, 11) is 3.72. The molecule has 0 amide bonds. The summed E-state index contributed by atoms with van der Waals surface area (Å²) in [6.07, 6.45) is 0. The highest BCUT2D eigenvalue weighted by molar-refractivity contribution is 5.81. The normalized spacial score (nSPS) is 10.9. The Morgan fingerprint density at radius 2 is 2.15 bits per heavy atom. The zero-order valence-electron chi connectivity index (χ0n) is 7.48. The molecule has 5 nitrogen and oxygen atoms in total. The number of nitrogens with two attached hydrogens (primary N) is 1. The van der Waals surface area contributed by atoms with E-state index in [-0.39, 0.29) is 5.95 Å². The van der Waals surface area contributed by atoms with Gasteiger partial charge < -0.3 is 20.3 Å². The topological polar surface area (TPSA) is 67.6 Å². The number of aromatic nitrogens is 1. The second kappa shape index (κ2) is 2.35. The standard InChI is InChI=1S/C8H11N3O2/c1-10(2)11-5-3-8(12)13-6(5)4-7(11)9/h3-4,12H,9H2,1-2H3. The molecule has 13 heavy (non-hydrogen) atoms. The molecule has 0 atom stereocenters. The maximum atomic E-state index is 9.10. The predicted octanol–water partition coefficient (Wildman–Crippen LogP) is 0.720. The van der Waals surface area contributed by atoms with E-state index < -0.39 is 0 Å². The van der Waals surface area contributed by atoms with Crippen molar-refractivity contribution in [1.29, 1.82) is 0 Å². The van der Waals surface area contributed by atoms with Crippen molar-refractivity contribution in [2.24, 2.45) is 0 Å². The molecule has 3 N–H and O–H groups in total. The van der Waals surface area contributed by atoms with Gasteiger partial charge >= 0.3 is 0 Å². The predicted molar refractivity (Wildman–Crippen MR) is 50.3 cm³/mol. The molecule has 0 saturated heterocycles. The molecule has 5 heteroatoms. The Labute approximate surface area is 74.9 Å². The van der Waals surface area contributed by atoms with Crippen molar-refractivity contribution in [3.8, 4) is 5.95 Å². The fraction of sp³-hybridized carbons (Fsp3) is 0.250. The highest BCUT2D eigenvalue weighted by atomic mass is 16.5. The molecule has 0 spiro atoms. The van der Waals surface area contributed by atoms with Gasteiger partial charge in [-0.3, -0.25) is 0 Å². The molecule has 0 saturated carbocycles. The first-order chi connectivity index (χ1) is 6.09. The summed E-state index contributed by atoms with van der Waals surface area (Å²) in [5.74, 6) is 0.486. The molecule has 0 unspecified atom stereocenters. The third-order valence-electron chi connectivity index (χ3n) is 1.88. The summed E-state index contributed by atoms with van der Waals surface area (Å²) in [5, 5.41) is 10.9. The highest BCUT2D eigenvalue weighted by Crippen LogP contribution is 2.27. The summed E-state index contributed by atoms with van der Waals surface area (Å²) in [6.45, 7) is 0. The highest BCUT2D eigenvalue weighted by Gasteiger charge is 2.12. The van der Waals surface area contributed by atoms with Gasteiger partial charge in [0.05, 0.1) is 0 Å². The molecule has 2 heterocycles. The lowest BCUT2D eigenvalue weighted by Crippen LogP contribution is -2.25. The van der Waals surface area contributed by atoms with E-state index in [4.69, 9.17) is 15.3 Å². The molecule has 0 bridgehead atoms. The Morgan fingerprint density at radius 3 is 2.77 bits per heavy atom. The summed E-state index contributed by atoms with van der Waals surface area (Å²) in [5.41, 5.74) is 7.08. The van der Waals surface area contributed by atoms with Gasteiger partial charge in [0.1, 0.15) is 11.3 Å². The van der Waals surface area contributed by atoms with Gasteiger partial charge in [0.25, 0.3) is 5.95 Å². The lowest BCUT2D eigenvalue weighted by Gasteiger charge is -2.16. The molecular weight excluding hydrogens is 170 g/mol. The number of furan rings is 1. The Kier molecular flexibility index (Phi) is 1.42. The van der Waals surface area contributed by atoms with Gasteiger partial charge in [0.2, 0.25) is 0 Å². The van der Waals surface area contributed by atoms with Crippen molar-refractivity contribution in [2.45, 2.75) is 0 Å². The number of nitrogens with zero attached hydrogens (tertiary/aromatic N) is 2. The molecule has 0 radical (unpaired) electrons. The van der Waals surface area contributed by atoms with Crippen LogP contribution in [0.5, 0.6) is 5.95 Å². The monoisotopic (exact) mass is 181 g/mol. The molecule has 70 valence electrons. The van der Waals surface area contributed by atoms with Crippen LogP contribution in [0, 0.1) is 0 Å². The van der Waals surface area contributed by atoms with Crippen LogP contribution in [0.4, 0.5) is 5.82 Å². The van der Waals surface area contributed by atoms with Crippen molar-refractivity contribution in [3.05, 3.63) is 12.1 Å². The number of fused-ring (bicyclic) bond motifs is 1. The first-order valence-corrected chi connectivity index (χ1v) is 3.87. The maximum absolute atomic E-state index is 9.10. The van der Waals surface area contributed by atoms with Crippen LogP contribution in [0.2, 0.25) is 0 Å². The summed E-state index contributed by atoms with van der Waals surface area (Å²) in [4.78, 5) is 0. The van der Waals surface area contributed by atoms with Gasteiger partial charge in [-0.15, -0.1) is 0 Å². The van der Waals surface area contributed by atoms with E-state index in [0.29, 0.717) is 11.4 Å². The summed E-state index contributed by atoms with van der Waals surface area (Å²) >= 11 is 0. The van der Waals surface area contributed by atoms with E-state index in [1.807, 2.05) is 19.1 Å². The van der Waals surface area contributed by atoms with Gasteiger partial charge in [0.15, 0.2) is 5.58 Å². The quantitative estimate of drug-likeness (QED) is 0.680. The number of anilines is 1. The molecule has 0 aliphatic heterocycles. The van der Waals surface area contributed by atoms with Crippen molar-refractivity contribution in [2.75, 3.05) is 24.8 Å². The first kappa shape index (κ1) is 7.85. The third-order valence-corrected chi connectivity index (χ3v) is 1.88. The van der Waals surface area contributed by atoms with Crippen molar-refractivity contribution in [1.82, 2.24) is 4.68 Å². The lowest BCUT2D eigenvalue weighted by atomic mass is 10.5. The molecular formula is C8H11N3O2. The zero-order chi connectivity index (χ0) is 9.59. The van der Waals surface area contributed by atoms with Gasteiger partial charge in [-0.25, -0.2) is 4.68 Å². The van der Waals surface area contributed by atoms with Crippen molar-refractivity contribution >= 4 is 16.9 Å². The van der Waals surface area contributed by atoms with Crippen LogP contribution < -0.4 is 10.7 Å². The van der Waals surface area contributed by atoms with E-state index in [1.54, 1.807) is 10.7 Å². The second-order valence-electron chi connectivity index (χ2n) is 3.06. The molecule has 0 fully saturated rings. The number of rotatable bonds is 1. The molecule has 0 aliphatic carbocycles. The third kappa shape index (κ3) is 1.00. The fourth-order valence-corrected chi connectivity index (χ4v) is 1.43.